The number of likely N-dealkylation sites (tertiary alicyclic amines) is 1. The fourth-order valence-electron chi connectivity index (χ4n) is 1.96. The highest BCUT2D eigenvalue weighted by atomic mass is 16.5. The first-order chi connectivity index (χ1) is 7.65. The fourth-order valence-corrected chi connectivity index (χ4v) is 1.96. The first-order valence-electron chi connectivity index (χ1n) is 5.81. The molecule has 0 aromatic rings. The van der Waals surface area contributed by atoms with Gasteiger partial charge in [0.15, 0.2) is 0 Å². The third-order valence-electron chi connectivity index (χ3n) is 3.11. The van der Waals surface area contributed by atoms with E-state index in [2.05, 4.69) is 22.0 Å². The van der Waals surface area contributed by atoms with Gasteiger partial charge in [-0.15, -0.1) is 0 Å². The van der Waals surface area contributed by atoms with Crippen LogP contribution in [0.4, 0.5) is 0 Å². The van der Waals surface area contributed by atoms with Gasteiger partial charge < -0.3 is 15.0 Å². The summed E-state index contributed by atoms with van der Waals surface area (Å²) in [6.45, 7) is 4.69. The molecule has 0 aromatic carbocycles. The van der Waals surface area contributed by atoms with E-state index in [0.29, 0.717) is 11.6 Å². The molecule has 92 valence electrons. The second-order valence-corrected chi connectivity index (χ2v) is 4.31. The van der Waals surface area contributed by atoms with Gasteiger partial charge in [-0.3, -0.25) is 0 Å². The second-order valence-electron chi connectivity index (χ2n) is 4.31. The average molecular weight is 226 g/mol. The lowest BCUT2D eigenvalue weighted by Gasteiger charge is -2.19. The zero-order chi connectivity index (χ0) is 12.0. The monoisotopic (exact) mass is 226 g/mol. The Bertz CT molecular complexity index is 264. The maximum absolute atomic E-state index is 11.1. The van der Waals surface area contributed by atoms with Gasteiger partial charge in [0.25, 0.3) is 0 Å². The van der Waals surface area contributed by atoms with E-state index in [4.69, 9.17) is 0 Å². The standard InChI is InChI=1S/C12H22N2O2/c1-10(12(15)16-3)6-7-13-9-11-5-4-8-14(11)2/h6,11,13H,4-5,7-9H2,1-3H3. The summed E-state index contributed by atoms with van der Waals surface area (Å²) in [6, 6.07) is 0.645. The number of carbonyl (C=O) groups is 1. The molecule has 1 aliphatic rings. The van der Waals surface area contributed by atoms with Crippen molar-refractivity contribution < 1.29 is 9.53 Å². The number of nitrogens with one attached hydrogen (secondary N) is 1. The van der Waals surface area contributed by atoms with Gasteiger partial charge in [-0.1, -0.05) is 6.08 Å². The van der Waals surface area contributed by atoms with Crippen LogP contribution in [0.3, 0.4) is 0 Å². The number of ether oxygens (including phenoxy) is 1. The number of esters is 1. The Kier molecular flexibility index (Phi) is 5.49. The van der Waals surface area contributed by atoms with Crippen LogP contribution in [0.15, 0.2) is 11.6 Å². The molecule has 1 N–H and O–H groups in total. The Morgan fingerprint density at radius 1 is 1.62 bits per heavy atom. The van der Waals surface area contributed by atoms with Crippen LogP contribution in [0.2, 0.25) is 0 Å². The number of carbonyl (C=O) groups excluding carboxylic acids is 1. The lowest BCUT2D eigenvalue weighted by Crippen LogP contribution is -2.35. The molecule has 4 nitrogen and oxygen atoms in total. The van der Waals surface area contributed by atoms with Gasteiger partial charge in [0.2, 0.25) is 0 Å². The van der Waals surface area contributed by atoms with Crippen molar-refractivity contribution in [2.75, 3.05) is 33.8 Å². The quantitative estimate of drug-likeness (QED) is 0.427. The minimum absolute atomic E-state index is 0.250. The van der Waals surface area contributed by atoms with Crippen LogP contribution in [-0.2, 0) is 9.53 Å². The molecule has 0 amide bonds. The van der Waals surface area contributed by atoms with Crippen molar-refractivity contribution in [3.8, 4) is 0 Å². The van der Waals surface area contributed by atoms with E-state index in [1.807, 2.05) is 6.08 Å². The van der Waals surface area contributed by atoms with Gasteiger partial charge in [-0.05, 0) is 33.4 Å². The zero-order valence-corrected chi connectivity index (χ0v) is 10.5. The molecule has 1 unspecified atom stereocenters. The van der Waals surface area contributed by atoms with Crippen molar-refractivity contribution >= 4 is 5.97 Å². The smallest absolute Gasteiger partial charge is 0.333 e. The van der Waals surface area contributed by atoms with Crippen LogP contribution in [0.1, 0.15) is 19.8 Å². The van der Waals surface area contributed by atoms with E-state index in [1.165, 1.54) is 26.5 Å². The summed E-state index contributed by atoms with van der Waals surface area (Å²) in [5, 5.41) is 3.34. The minimum Gasteiger partial charge on any atom is -0.466 e. The van der Waals surface area contributed by atoms with E-state index >= 15 is 0 Å². The summed E-state index contributed by atoms with van der Waals surface area (Å²) in [5.74, 6) is -0.250. The number of nitrogens with zero attached hydrogens (tertiary/aromatic N) is 1. The second kappa shape index (κ2) is 6.66. The Morgan fingerprint density at radius 2 is 2.38 bits per heavy atom. The number of methoxy groups -OCH3 is 1. The fraction of sp³-hybridized carbons (Fsp3) is 0.750. The molecule has 0 spiro atoms. The van der Waals surface area contributed by atoms with Crippen LogP contribution in [0.25, 0.3) is 0 Å². The number of hydrogen-bond acceptors (Lipinski definition) is 4. The third-order valence-corrected chi connectivity index (χ3v) is 3.11. The highest BCUT2D eigenvalue weighted by Crippen LogP contribution is 2.13. The molecule has 4 heteroatoms. The van der Waals surface area contributed by atoms with Crippen LogP contribution in [-0.4, -0.2) is 50.7 Å². The normalized spacial score (nSPS) is 22.4. The summed E-state index contributed by atoms with van der Waals surface area (Å²) in [5.41, 5.74) is 0.662. The lowest BCUT2D eigenvalue weighted by atomic mass is 10.2. The Morgan fingerprint density at radius 3 is 2.94 bits per heavy atom. The minimum atomic E-state index is -0.250. The molecule has 1 fully saturated rings. The third kappa shape index (κ3) is 3.94. The van der Waals surface area contributed by atoms with Crippen LogP contribution in [0.5, 0.6) is 0 Å². The Balaban J connectivity index is 2.18. The maximum Gasteiger partial charge on any atom is 0.333 e. The van der Waals surface area contributed by atoms with E-state index < -0.39 is 0 Å². The van der Waals surface area contributed by atoms with Crippen LogP contribution < -0.4 is 5.32 Å². The largest absolute Gasteiger partial charge is 0.466 e. The summed E-state index contributed by atoms with van der Waals surface area (Å²) < 4.78 is 4.62. The molecule has 0 bridgehead atoms. The van der Waals surface area contributed by atoms with Crippen molar-refractivity contribution in [2.24, 2.45) is 0 Å². The summed E-state index contributed by atoms with van der Waals surface area (Å²) in [4.78, 5) is 13.5. The number of rotatable bonds is 5. The van der Waals surface area contributed by atoms with Crippen molar-refractivity contribution in [1.82, 2.24) is 10.2 Å². The SMILES string of the molecule is COC(=O)C(C)=CCNCC1CCCN1C. The molecular weight excluding hydrogens is 204 g/mol. The molecule has 0 saturated carbocycles. The van der Waals surface area contributed by atoms with Crippen LogP contribution >= 0.6 is 0 Å². The summed E-state index contributed by atoms with van der Waals surface area (Å²) in [6.07, 6.45) is 4.43. The Labute approximate surface area is 97.6 Å². The lowest BCUT2D eigenvalue weighted by molar-refractivity contribution is -0.136. The van der Waals surface area contributed by atoms with Gasteiger partial charge in [0.05, 0.1) is 7.11 Å². The van der Waals surface area contributed by atoms with Crippen molar-refractivity contribution in [1.29, 1.82) is 0 Å². The molecule has 1 aliphatic heterocycles. The molecule has 1 heterocycles. The van der Waals surface area contributed by atoms with Crippen LogP contribution in [0, 0.1) is 0 Å². The van der Waals surface area contributed by atoms with E-state index in [0.717, 1.165) is 13.1 Å². The highest BCUT2D eigenvalue weighted by molar-refractivity contribution is 5.87. The topological polar surface area (TPSA) is 41.6 Å². The van der Waals surface area contributed by atoms with Gasteiger partial charge in [0, 0.05) is 24.7 Å². The number of hydrogen-bond donors (Lipinski definition) is 1. The molecule has 0 aliphatic carbocycles. The number of likely N-dealkylation sites (N-methyl/N-ethyl adjacent to an activating group) is 1. The maximum atomic E-state index is 11.1. The summed E-state index contributed by atoms with van der Waals surface area (Å²) >= 11 is 0. The van der Waals surface area contributed by atoms with Gasteiger partial charge in [-0.25, -0.2) is 4.79 Å². The molecule has 1 saturated heterocycles. The predicted molar refractivity (Wildman–Crippen MR) is 64.3 cm³/mol. The van der Waals surface area contributed by atoms with Crippen molar-refractivity contribution in [3.63, 3.8) is 0 Å². The Hall–Kier alpha value is -0.870. The molecular formula is C12H22N2O2. The van der Waals surface area contributed by atoms with Gasteiger partial charge in [-0.2, -0.15) is 0 Å². The average Bonchev–Trinajstić information content (AvgIpc) is 2.69. The zero-order valence-electron chi connectivity index (χ0n) is 10.5. The van der Waals surface area contributed by atoms with E-state index in [1.54, 1.807) is 6.92 Å². The van der Waals surface area contributed by atoms with Crippen molar-refractivity contribution in [3.05, 3.63) is 11.6 Å². The molecule has 0 radical (unpaired) electrons. The first kappa shape index (κ1) is 13.2. The van der Waals surface area contributed by atoms with E-state index in [-0.39, 0.29) is 5.97 Å². The molecule has 1 atom stereocenters. The predicted octanol–water partition coefficient (Wildman–Crippen LogP) is 0.790. The first-order valence-corrected chi connectivity index (χ1v) is 5.81. The summed E-state index contributed by atoms with van der Waals surface area (Å²) in [7, 11) is 3.56. The van der Waals surface area contributed by atoms with Gasteiger partial charge >= 0.3 is 5.97 Å². The molecule has 0 aromatic heterocycles. The van der Waals surface area contributed by atoms with Gasteiger partial charge in [0.1, 0.15) is 0 Å². The molecule has 1 rings (SSSR count). The molecule has 16 heavy (non-hydrogen) atoms. The van der Waals surface area contributed by atoms with Crippen molar-refractivity contribution in [2.45, 2.75) is 25.8 Å². The highest BCUT2D eigenvalue weighted by Gasteiger charge is 2.19. The van der Waals surface area contributed by atoms with E-state index in [9.17, 15) is 4.79 Å².